The molecule has 1 N–H and O–H groups in total. The number of nitrogens with zero attached hydrogens (tertiary/aromatic N) is 1. The molecule has 1 amide bonds. The van der Waals surface area contributed by atoms with E-state index in [0.717, 1.165) is 38.1 Å². The number of halogens is 1. The van der Waals surface area contributed by atoms with Gasteiger partial charge in [0, 0.05) is 21.1 Å². The van der Waals surface area contributed by atoms with Crippen LogP contribution in [-0.4, -0.2) is 17.5 Å². The molecule has 3 aromatic carbocycles. The van der Waals surface area contributed by atoms with Crippen molar-refractivity contribution in [2.45, 2.75) is 6.92 Å². The Morgan fingerprint density at radius 1 is 1.00 bits per heavy atom. The molecule has 29 heavy (non-hydrogen) atoms. The highest BCUT2D eigenvalue weighted by molar-refractivity contribution is 9.10. The van der Waals surface area contributed by atoms with E-state index in [1.807, 2.05) is 85.8 Å². The van der Waals surface area contributed by atoms with E-state index in [0.29, 0.717) is 12.2 Å². The molecule has 0 saturated heterocycles. The smallest absolute Gasteiger partial charge is 0.256 e. The van der Waals surface area contributed by atoms with Crippen LogP contribution in [-0.2, 0) is 0 Å². The summed E-state index contributed by atoms with van der Waals surface area (Å²) in [7, 11) is 0. The van der Waals surface area contributed by atoms with Crippen LogP contribution in [0.2, 0.25) is 0 Å². The van der Waals surface area contributed by atoms with E-state index in [4.69, 9.17) is 9.72 Å². The summed E-state index contributed by atoms with van der Waals surface area (Å²) >= 11 is 3.41. The number of hydrogen-bond acceptors (Lipinski definition) is 3. The van der Waals surface area contributed by atoms with E-state index in [9.17, 15) is 4.79 Å². The van der Waals surface area contributed by atoms with Crippen LogP contribution in [0.25, 0.3) is 22.2 Å². The quantitative estimate of drug-likeness (QED) is 0.390. The van der Waals surface area contributed by atoms with Crippen LogP contribution in [0.5, 0.6) is 5.75 Å². The number of hydrogen-bond donors (Lipinski definition) is 1. The van der Waals surface area contributed by atoms with Crippen LogP contribution < -0.4 is 10.1 Å². The Kier molecular flexibility index (Phi) is 5.58. The van der Waals surface area contributed by atoms with Gasteiger partial charge in [-0.1, -0.05) is 34.1 Å². The van der Waals surface area contributed by atoms with E-state index >= 15 is 0 Å². The van der Waals surface area contributed by atoms with Crippen molar-refractivity contribution >= 4 is 38.4 Å². The van der Waals surface area contributed by atoms with E-state index in [-0.39, 0.29) is 5.91 Å². The van der Waals surface area contributed by atoms with E-state index in [2.05, 4.69) is 21.2 Å². The second-order valence-electron chi connectivity index (χ2n) is 6.49. The second kappa shape index (κ2) is 8.45. The second-order valence-corrected chi connectivity index (χ2v) is 7.41. The molecule has 0 bridgehead atoms. The summed E-state index contributed by atoms with van der Waals surface area (Å²) in [5.74, 6) is 0.642. The maximum absolute atomic E-state index is 13.1. The van der Waals surface area contributed by atoms with Gasteiger partial charge in [-0.25, -0.2) is 4.98 Å². The first-order valence-corrected chi connectivity index (χ1v) is 10.1. The summed E-state index contributed by atoms with van der Waals surface area (Å²) in [5, 5.41) is 3.79. The Morgan fingerprint density at radius 3 is 2.45 bits per heavy atom. The number of ether oxygens (including phenoxy) is 1. The van der Waals surface area contributed by atoms with Gasteiger partial charge in [0.25, 0.3) is 5.91 Å². The first-order valence-electron chi connectivity index (χ1n) is 9.34. The average molecular weight is 447 g/mol. The number of carbonyl (C=O) groups is 1. The molecule has 0 atom stereocenters. The summed E-state index contributed by atoms with van der Waals surface area (Å²) in [6.45, 7) is 2.57. The molecule has 4 nitrogen and oxygen atoms in total. The molecular weight excluding hydrogens is 428 g/mol. The van der Waals surface area contributed by atoms with Gasteiger partial charge in [-0.05, 0) is 67.6 Å². The number of carbonyl (C=O) groups excluding carboxylic acids is 1. The largest absolute Gasteiger partial charge is 0.494 e. The van der Waals surface area contributed by atoms with Gasteiger partial charge in [-0.2, -0.15) is 0 Å². The van der Waals surface area contributed by atoms with Gasteiger partial charge in [-0.3, -0.25) is 4.79 Å². The fourth-order valence-corrected chi connectivity index (χ4v) is 3.40. The molecule has 1 heterocycles. The molecular formula is C24H19BrN2O2. The van der Waals surface area contributed by atoms with Crippen LogP contribution >= 0.6 is 15.9 Å². The number of benzene rings is 3. The summed E-state index contributed by atoms with van der Waals surface area (Å²) in [6, 6.07) is 24.8. The third-order valence-electron chi connectivity index (χ3n) is 4.52. The number of anilines is 1. The van der Waals surface area contributed by atoms with E-state index in [1.165, 1.54) is 0 Å². The van der Waals surface area contributed by atoms with E-state index in [1.54, 1.807) is 0 Å². The number of pyridine rings is 1. The van der Waals surface area contributed by atoms with E-state index < -0.39 is 0 Å². The SMILES string of the molecule is CCOc1ccc(-c2cc(C(=O)Nc3ccc(Br)cc3)c3ccccc3n2)cc1. The Bertz CT molecular complexity index is 1160. The van der Waals surface area contributed by atoms with Gasteiger partial charge in [0.15, 0.2) is 0 Å². The van der Waals surface area contributed by atoms with Crippen LogP contribution in [0, 0.1) is 0 Å². The average Bonchev–Trinajstić information content (AvgIpc) is 2.75. The van der Waals surface area contributed by atoms with Crippen molar-refractivity contribution in [2.24, 2.45) is 0 Å². The van der Waals surface area contributed by atoms with Crippen molar-refractivity contribution in [3.63, 3.8) is 0 Å². The fourth-order valence-electron chi connectivity index (χ4n) is 3.13. The molecule has 144 valence electrons. The van der Waals surface area contributed by atoms with Gasteiger partial charge in [0.05, 0.1) is 23.4 Å². The van der Waals surface area contributed by atoms with Crippen molar-refractivity contribution < 1.29 is 9.53 Å². The lowest BCUT2D eigenvalue weighted by atomic mass is 10.0. The minimum Gasteiger partial charge on any atom is -0.494 e. The molecule has 0 saturated carbocycles. The highest BCUT2D eigenvalue weighted by Gasteiger charge is 2.14. The topological polar surface area (TPSA) is 51.2 Å². The minimum absolute atomic E-state index is 0.168. The summed E-state index contributed by atoms with van der Waals surface area (Å²) in [4.78, 5) is 17.8. The lowest BCUT2D eigenvalue weighted by Crippen LogP contribution is -2.13. The first kappa shape index (κ1) is 19.2. The highest BCUT2D eigenvalue weighted by Crippen LogP contribution is 2.27. The molecule has 1 aromatic heterocycles. The molecule has 0 unspecified atom stereocenters. The molecule has 4 rings (SSSR count). The third kappa shape index (κ3) is 4.30. The predicted molar refractivity (Wildman–Crippen MR) is 120 cm³/mol. The normalized spacial score (nSPS) is 10.7. The zero-order chi connectivity index (χ0) is 20.2. The number of amides is 1. The van der Waals surface area contributed by atoms with Crippen molar-refractivity contribution in [1.29, 1.82) is 0 Å². The summed E-state index contributed by atoms with van der Waals surface area (Å²) < 4.78 is 6.48. The van der Waals surface area contributed by atoms with Gasteiger partial charge in [0.1, 0.15) is 5.75 Å². The van der Waals surface area contributed by atoms with Gasteiger partial charge in [-0.15, -0.1) is 0 Å². The number of aromatic nitrogens is 1. The van der Waals surface area contributed by atoms with Crippen LogP contribution in [0.1, 0.15) is 17.3 Å². The number of nitrogens with one attached hydrogen (secondary N) is 1. The lowest BCUT2D eigenvalue weighted by molar-refractivity contribution is 0.102. The van der Waals surface area contributed by atoms with Crippen molar-refractivity contribution in [2.75, 3.05) is 11.9 Å². The standard InChI is InChI=1S/C24H19BrN2O2/c1-2-29-19-13-7-16(8-14-19)23-15-21(20-5-3-4-6-22(20)27-23)24(28)26-18-11-9-17(25)10-12-18/h3-15H,2H2,1H3,(H,26,28). The zero-order valence-corrected chi connectivity index (χ0v) is 17.4. The van der Waals surface area contributed by atoms with Crippen molar-refractivity contribution in [3.8, 4) is 17.0 Å². The molecule has 4 aromatic rings. The first-order chi connectivity index (χ1) is 14.1. The monoisotopic (exact) mass is 446 g/mol. The fraction of sp³-hybridized carbons (Fsp3) is 0.0833. The highest BCUT2D eigenvalue weighted by atomic mass is 79.9. The molecule has 0 aliphatic heterocycles. The molecule has 0 radical (unpaired) electrons. The Morgan fingerprint density at radius 2 is 1.72 bits per heavy atom. The predicted octanol–water partition coefficient (Wildman–Crippen LogP) is 6.32. The van der Waals surface area contributed by atoms with Crippen molar-refractivity contribution in [3.05, 3.63) is 88.9 Å². The minimum atomic E-state index is -0.168. The number of para-hydroxylation sites is 1. The molecule has 5 heteroatoms. The van der Waals surface area contributed by atoms with Gasteiger partial charge in [0.2, 0.25) is 0 Å². The number of rotatable bonds is 5. The van der Waals surface area contributed by atoms with Crippen LogP contribution in [0.15, 0.2) is 83.3 Å². The van der Waals surface area contributed by atoms with Crippen LogP contribution in [0.4, 0.5) is 5.69 Å². The van der Waals surface area contributed by atoms with Gasteiger partial charge < -0.3 is 10.1 Å². The van der Waals surface area contributed by atoms with Gasteiger partial charge >= 0.3 is 0 Å². The Balaban J connectivity index is 1.74. The molecule has 0 aliphatic carbocycles. The Labute approximate surface area is 177 Å². The molecule has 0 spiro atoms. The molecule has 0 aliphatic rings. The summed E-state index contributed by atoms with van der Waals surface area (Å²) in [5.41, 5.74) is 3.77. The zero-order valence-electron chi connectivity index (χ0n) is 15.9. The summed E-state index contributed by atoms with van der Waals surface area (Å²) in [6.07, 6.45) is 0. The maximum Gasteiger partial charge on any atom is 0.256 e. The maximum atomic E-state index is 13.1. The Hall–Kier alpha value is -3.18. The molecule has 0 fully saturated rings. The third-order valence-corrected chi connectivity index (χ3v) is 5.05. The van der Waals surface area contributed by atoms with Crippen LogP contribution in [0.3, 0.4) is 0 Å². The van der Waals surface area contributed by atoms with Crippen molar-refractivity contribution in [1.82, 2.24) is 4.98 Å². The lowest BCUT2D eigenvalue weighted by Gasteiger charge is -2.11. The number of fused-ring (bicyclic) bond motifs is 1.